The van der Waals surface area contributed by atoms with Crippen LogP contribution in [0.25, 0.3) is 0 Å². The third-order valence-electron chi connectivity index (χ3n) is 3.95. The number of benzene rings is 1. The van der Waals surface area contributed by atoms with Gasteiger partial charge in [-0.2, -0.15) is 0 Å². The van der Waals surface area contributed by atoms with Crippen LogP contribution in [0, 0.1) is 6.92 Å². The maximum absolute atomic E-state index is 12.2. The molecule has 0 saturated heterocycles. The Morgan fingerprint density at radius 3 is 2.64 bits per heavy atom. The third-order valence-corrected chi connectivity index (χ3v) is 3.95. The van der Waals surface area contributed by atoms with E-state index in [4.69, 9.17) is 4.74 Å². The lowest BCUT2D eigenvalue weighted by Gasteiger charge is -2.20. The molecule has 2 aromatic rings. The van der Waals surface area contributed by atoms with Crippen molar-refractivity contribution in [2.45, 2.75) is 27.3 Å². The van der Waals surface area contributed by atoms with E-state index in [0.717, 1.165) is 30.0 Å². The van der Waals surface area contributed by atoms with E-state index in [0.29, 0.717) is 18.0 Å². The van der Waals surface area contributed by atoms with E-state index in [1.807, 2.05) is 37.3 Å². The fourth-order valence-corrected chi connectivity index (χ4v) is 2.56. The number of anilines is 2. The largest absolute Gasteiger partial charge is 0.495 e. The number of aryl methyl sites for hydroxylation is 1. The molecule has 0 spiro atoms. The van der Waals surface area contributed by atoms with Gasteiger partial charge in [-0.3, -0.25) is 0 Å². The molecule has 6 heteroatoms. The molecule has 25 heavy (non-hydrogen) atoms. The highest BCUT2D eigenvalue weighted by Gasteiger charge is 2.09. The topological polar surface area (TPSA) is 66.5 Å². The third kappa shape index (κ3) is 5.11. The van der Waals surface area contributed by atoms with E-state index in [1.165, 1.54) is 0 Å². The summed E-state index contributed by atoms with van der Waals surface area (Å²) in [6, 6.07) is 9.28. The lowest BCUT2D eigenvalue weighted by atomic mass is 10.2. The first-order chi connectivity index (χ1) is 12.1. The van der Waals surface area contributed by atoms with Gasteiger partial charge in [-0.15, -0.1) is 0 Å². The van der Waals surface area contributed by atoms with Gasteiger partial charge in [0, 0.05) is 25.8 Å². The maximum Gasteiger partial charge on any atom is 0.319 e. The molecule has 0 radical (unpaired) electrons. The van der Waals surface area contributed by atoms with Crippen LogP contribution in [0.4, 0.5) is 16.3 Å². The number of urea groups is 1. The fraction of sp³-hybridized carbons (Fsp3) is 0.368. The Kier molecular flexibility index (Phi) is 6.62. The highest BCUT2D eigenvalue weighted by molar-refractivity contribution is 5.91. The van der Waals surface area contributed by atoms with Crippen LogP contribution in [0.15, 0.2) is 36.5 Å². The molecule has 0 bridgehead atoms. The number of ether oxygens (including phenoxy) is 1. The zero-order valence-corrected chi connectivity index (χ0v) is 15.3. The van der Waals surface area contributed by atoms with Gasteiger partial charge in [0.1, 0.15) is 11.6 Å². The number of pyridine rings is 1. The summed E-state index contributed by atoms with van der Waals surface area (Å²) in [4.78, 5) is 18.8. The molecule has 2 amide bonds. The van der Waals surface area contributed by atoms with Gasteiger partial charge >= 0.3 is 6.03 Å². The highest BCUT2D eigenvalue weighted by Crippen LogP contribution is 2.25. The summed E-state index contributed by atoms with van der Waals surface area (Å²) in [7, 11) is 1.58. The lowest BCUT2D eigenvalue weighted by Crippen LogP contribution is -2.28. The zero-order chi connectivity index (χ0) is 18.2. The summed E-state index contributed by atoms with van der Waals surface area (Å²) >= 11 is 0. The van der Waals surface area contributed by atoms with Crippen molar-refractivity contribution in [1.29, 1.82) is 0 Å². The van der Waals surface area contributed by atoms with Crippen LogP contribution < -0.4 is 20.3 Å². The first kappa shape index (κ1) is 18.6. The number of nitrogens with zero attached hydrogens (tertiary/aromatic N) is 2. The Morgan fingerprint density at radius 2 is 1.96 bits per heavy atom. The second-order valence-corrected chi connectivity index (χ2v) is 5.71. The predicted octanol–water partition coefficient (Wildman–Crippen LogP) is 3.57. The molecule has 1 heterocycles. The van der Waals surface area contributed by atoms with Crippen molar-refractivity contribution in [1.82, 2.24) is 10.3 Å². The minimum Gasteiger partial charge on any atom is -0.495 e. The number of hydrogen-bond donors (Lipinski definition) is 2. The van der Waals surface area contributed by atoms with Crippen LogP contribution in [0.5, 0.6) is 5.75 Å². The summed E-state index contributed by atoms with van der Waals surface area (Å²) in [5.74, 6) is 1.55. The van der Waals surface area contributed by atoms with Crippen LogP contribution in [0.3, 0.4) is 0 Å². The Bertz CT molecular complexity index is 714. The summed E-state index contributed by atoms with van der Waals surface area (Å²) < 4.78 is 5.27. The monoisotopic (exact) mass is 342 g/mol. The molecular weight excluding hydrogens is 316 g/mol. The first-order valence-corrected chi connectivity index (χ1v) is 8.46. The number of amides is 2. The minimum absolute atomic E-state index is 0.273. The summed E-state index contributed by atoms with van der Waals surface area (Å²) in [5, 5.41) is 5.70. The molecule has 2 N–H and O–H groups in total. The predicted molar refractivity (Wildman–Crippen MR) is 101 cm³/mol. The van der Waals surface area contributed by atoms with Crippen LogP contribution in [-0.4, -0.2) is 31.2 Å². The van der Waals surface area contributed by atoms with Gasteiger partial charge in [0.05, 0.1) is 12.8 Å². The van der Waals surface area contributed by atoms with Crippen LogP contribution in [-0.2, 0) is 6.54 Å². The Labute approximate surface area is 149 Å². The lowest BCUT2D eigenvalue weighted by molar-refractivity contribution is 0.251. The molecule has 1 aromatic heterocycles. The standard InChI is InChI=1S/C19H26N4O2/c1-5-23(6-2)18-12-15(9-10-20-18)13-21-19(24)22-16-11-14(3)7-8-17(16)25-4/h7-12H,5-6,13H2,1-4H3,(H2,21,22,24). The summed E-state index contributed by atoms with van der Waals surface area (Å²) in [6.45, 7) is 8.38. The molecule has 0 fully saturated rings. The number of hydrogen-bond acceptors (Lipinski definition) is 4. The second-order valence-electron chi connectivity index (χ2n) is 5.71. The Hall–Kier alpha value is -2.76. The van der Waals surface area contributed by atoms with E-state index < -0.39 is 0 Å². The number of nitrogens with one attached hydrogen (secondary N) is 2. The average molecular weight is 342 g/mol. The van der Waals surface area contributed by atoms with Gasteiger partial charge in [-0.05, 0) is 56.2 Å². The van der Waals surface area contributed by atoms with Crippen molar-refractivity contribution < 1.29 is 9.53 Å². The molecular formula is C19H26N4O2. The average Bonchev–Trinajstić information content (AvgIpc) is 2.62. The molecule has 0 unspecified atom stereocenters. The number of carbonyl (C=O) groups excluding carboxylic acids is 1. The number of carbonyl (C=O) groups is 1. The molecule has 0 saturated carbocycles. The van der Waals surface area contributed by atoms with E-state index in [1.54, 1.807) is 13.3 Å². The van der Waals surface area contributed by atoms with Crippen LogP contribution in [0.2, 0.25) is 0 Å². The van der Waals surface area contributed by atoms with Crippen molar-refractivity contribution >= 4 is 17.5 Å². The van der Waals surface area contributed by atoms with Gasteiger partial charge in [-0.1, -0.05) is 6.07 Å². The van der Waals surface area contributed by atoms with E-state index >= 15 is 0 Å². The van der Waals surface area contributed by atoms with Crippen molar-refractivity contribution in [2.75, 3.05) is 30.4 Å². The molecule has 0 aliphatic carbocycles. The summed E-state index contributed by atoms with van der Waals surface area (Å²) in [5.41, 5.74) is 2.70. The summed E-state index contributed by atoms with van der Waals surface area (Å²) in [6.07, 6.45) is 1.77. The molecule has 6 nitrogen and oxygen atoms in total. The molecule has 0 aliphatic rings. The van der Waals surface area contributed by atoms with Gasteiger partial charge in [0.2, 0.25) is 0 Å². The number of aromatic nitrogens is 1. The molecule has 0 aliphatic heterocycles. The smallest absolute Gasteiger partial charge is 0.319 e. The van der Waals surface area contributed by atoms with Gasteiger partial charge < -0.3 is 20.3 Å². The van der Waals surface area contributed by atoms with Crippen molar-refractivity contribution in [2.24, 2.45) is 0 Å². The number of methoxy groups -OCH3 is 1. The maximum atomic E-state index is 12.2. The van der Waals surface area contributed by atoms with Gasteiger partial charge in [-0.25, -0.2) is 9.78 Å². The highest BCUT2D eigenvalue weighted by atomic mass is 16.5. The van der Waals surface area contributed by atoms with E-state index in [2.05, 4.69) is 34.4 Å². The van der Waals surface area contributed by atoms with E-state index in [9.17, 15) is 4.79 Å². The molecule has 134 valence electrons. The molecule has 2 rings (SSSR count). The number of rotatable bonds is 7. The van der Waals surface area contributed by atoms with Crippen LogP contribution in [0.1, 0.15) is 25.0 Å². The van der Waals surface area contributed by atoms with E-state index in [-0.39, 0.29) is 6.03 Å². The Morgan fingerprint density at radius 1 is 1.20 bits per heavy atom. The Balaban J connectivity index is 1.99. The van der Waals surface area contributed by atoms with Gasteiger partial charge in [0.25, 0.3) is 0 Å². The SMILES string of the molecule is CCN(CC)c1cc(CNC(=O)Nc2cc(C)ccc2OC)ccn1. The zero-order valence-electron chi connectivity index (χ0n) is 15.3. The minimum atomic E-state index is -0.273. The van der Waals surface area contributed by atoms with Crippen molar-refractivity contribution in [3.8, 4) is 5.75 Å². The van der Waals surface area contributed by atoms with Crippen molar-refractivity contribution in [3.05, 3.63) is 47.7 Å². The first-order valence-electron chi connectivity index (χ1n) is 8.46. The van der Waals surface area contributed by atoms with Crippen LogP contribution >= 0.6 is 0 Å². The normalized spacial score (nSPS) is 10.2. The van der Waals surface area contributed by atoms with Gasteiger partial charge in [0.15, 0.2) is 0 Å². The fourth-order valence-electron chi connectivity index (χ4n) is 2.56. The van der Waals surface area contributed by atoms with Crippen molar-refractivity contribution in [3.63, 3.8) is 0 Å². The molecule has 1 aromatic carbocycles. The quantitative estimate of drug-likeness (QED) is 0.807. The molecule has 0 atom stereocenters. The second kappa shape index (κ2) is 8.92.